The van der Waals surface area contributed by atoms with Gasteiger partial charge in [0.15, 0.2) is 0 Å². The number of thiophene rings is 1. The van der Waals surface area contributed by atoms with Gasteiger partial charge in [0.2, 0.25) is 0 Å². The third kappa shape index (κ3) is 3.24. The minimum atomic E-state index is 0.0556. The van der Waals surface area contributed by atoms with Crippen LogP contribution in [0.2, 0.25) is 5.02 Å². The Kier molecular flexibility index (Phi) is 4.39. The summed E-state index contributed by atoms with van der Waals surface area (Å²) in [6.07, 6.45) is 8.83. The van der Waals surface area contributed by atoms with Gasteiger partial charge in [0.1, 0.15) is 0 Å². The molecule has 0 spiro atoms. The first-order valence-electron chi connectivity index (χ1n) is 8.64. The predicted octanol–water partition coefficient (Wildman–Crippen LogP) is 4.20. The Morgan fingerprint density at radius 2 is 2.38 bits per heavy atom. The van der Waals surface area contributed by atoms with Gasteiger partial charge in [-0.15, -0.1) is 11.3 Å². The van der Waals surface area contributed by atoms with Crippen molar-refractivity contribution in [3.63, 3.8) is 0 Å². The van der Waals surface area contributed by atoms with Gasteiger partial charge in [-0.3, -0.25) is 9.48 Å². The molecule has 2 aromatic heterocycles. The fourth-order valence-electron chi connectivity index (χ4n) is 4.48. The van der Waals surface area contributed by atoms with Crippen LogP contribution in [0, 0.1) is 17.8 Å². The number of amides is 1. The highest BCUT2D eigenvalue weighted by molar-refractivity contribution is 7.12. The smallest absolute Gasteiger partial charge is 0.261 e. The fraction of sp³-hybridized carbons (Fsp3) is 0.556. The van der Waals surface area contributed by atoms with Crippen molar-refractivity contribution in [1.29, 1.82) is 0 Å². The molecule has 4 unspecified atom stereocenters. The van der Waals surface area contributed by atoms with Crippen LogP contribution in [0.5, 0.6) is 0 Å². The third-order valence-electron chi connectivity index (χ3n) is 5.62. The van der Waals surface area contributed by atoms with Gasteiger partial charge in [-0.1, -0.05) is 18.0 Å². The van der Waals surface area contributed by atoms with E-state index in [2.05, 4.69) is 17.3 Å². The maximum absolute atomic E-state index is 12.5. The van der Waals surface area contributed by atoms with Gasteiger partial charge in [-0.25, -0.2) is 0 Å². The molecule has 4 nitrogen and oxygen atoms in total. The van der Waals surface area contributed by atoms with Gasteiger partial charge in [0, 0.05) is 12.2 Å². The van der Waals surface area contributed by atoms with Crippen molar-refractivity contribution in [3.8, 4) is 0 Å². The van der Waals surface area contributed by atoms with Crippen LogP contribution in [-0.2, 0) is 6.54 Å². The Hall–Kier alpha value is -1.33. The monoisotopic (exact) mass is 363 g/mol. The molecule has 24 heavy (non-hydrogen) atoms. The molecule has 4 rings (SSSR count). The Bertz CT molecular complexity index is 740. The van der Waals surface area contributed by atoms with Crippen molar-refractivity contribution in [1.82, 2.24) is 15.1 Å². The summed E-state index contributed by atoms with van der Waals surface area (Å²) in [6, 6.07) is 2.23. The number of nitrogens with zero attached hydrogens (tertiary/aromatic N) is 2. The normalized spacial score (nSPS) is 26.7. The predicted molar refractivity (Wildman–Crippen MR) is 96.5 cm³/mol. The number of aromatic nitrogens is 2. The molecule has 2 aliphatic carbocycles. The lowest BCUT2D eigenvalue weighted by Gasteiger charge is -2.28. The molecule has 0 aliphatic heterocycles. The number of hydrogen-bond acceptors (Lipinski definition) is 3. The van der Waals surface area contributed by atoms with Crippen LogP contribution >= 0.6 is 22.9 Å². The van der Waals surface area contributed by atoms with Gasteiger partial charge in [0.05, 0.1) is 22.6 Å². The molecule has 1 N–H and O–H groups in total. The average Bonchev–Trinajstić information content (AvgIpc) is 3.31. The molecule has 2 bridgehead atoms. The number of carbonyl (C=O) groups excluding carboxylic acids is 1. The second kappa shape index (κ2) is 6.52. The number of nitrogens with one attached hydrogen (secondary N) is 1. The number of fused-ring (bicyclic) bond motifs is 2. The van der Waals surface area contributed by atoms with E-state index < -0.39 is 0 Å². The van der Waals surface area contributed by atoms with Crippen LogP contribution in [0.1, 0.15) is 47.8 Å². The van der Waals surface area contributed by atoms with E-state index in [0.29, 0.717) is 17.5 Å². The number of halogens is 1. The lowest BCUT2D eigenvalue weighted by Crippen LogP contribution is -2.39. The summed E-state index contributed by atoms with van der Waals surface area (Å²) >= 11 is 7.38. The van der Waals surface area contributed by atoms with Crippen molar-refractivity contribution in [3.05, 3.63) is 39.3 Å². The summed E-state index contributed by atoms with van der Waals surface area (Å²) in [5.74, 6) is 2.46. The topological polar surface area (TPSA) is 46.9 Å². The molecule has 2 aromatic rings. The first-order chi connectivity index (χ1) is 11.6. The largest absolute Gasteiger partial charge is 0.349 e. The van der Waals surface area contributed by atoms with Gasteiger partial charge >= 0.3 is 0 Å². The number of carbonyl (C=O) groups is 1. The quantitative estimate of drug-likeness (QED) is 0.865. The minimum Gasteiger partial charge on any atom is -0.349 e. The maximum atomic E-state index is 12.5. The summed E-state index contributed by atoms with van der Waals surface area (Å²) in [4.78, 5) is 13.3. The lowest BCUT2D eigenvalue weighted by molar-refractivity contribution is 0.0919. The molecule has 0 aromatic carbocycles. The Balaban J connectivity index is 1.36. The summed E-state index contributed by atoms with van der Waals surface area (Å²) < 4.78 is 1.78. The summed E-state index contributed by atoms with van der Waals surface area (Å²) in [7, 11) is 0. The molecule has 0 saturated heterocycles. The second-order valence-electron chi connectivity index (χ2n) is 7.28. The molecule has 2 aliphatic rings. The highest BCUT2D eigenvalue weighted by Crippen LogP contribution is 2.49. The van der Waals surface area contributed by atoms with E-state index in [4.69, 9.17) is 11.6 Å². The van der Waals surface area contributed by atoms with Crippen LogP contribution in [0.4, 0.5) is 0 Å². The standard InChI is InChI=1S/C18H22ClN3OS/c1-11(16-5-12-2-3-14(16)4-12)21-18(23)17-6-13(10-24-17)8-22-9-15(19)7-20-22/h6-7,9-12,14,16H,2-5,8H2,1H3,(H,21,23). The summed E-state index contributed by atoms with van der Waals surface area (Å²) in [5.41, 5.74) is 1.08. The van der Waals surface area contributed by atoms with E-state index in [1.807, 2.05) is 11.4 Å². The first-order valence-corrected chi connectivity index (χ1v) is 9.90. The lowest BCUT2D eigenvalue weighted by atomic mass is 9.84. The van der Waals surface area contributed by atoms with E-state index in [0.717, 1.165) is 22.3 Å². The molecular weight excluding hydrogens is 342 g/mol. The molecule has 2 saturated carbocycles. The molecule has 2 fully saturated rings. The van der Waals surface area contributed by atoms with Gasteiger partial charge in [-0.2, -0.15) is 5.10 Å². The Morgan fingerprint density at radius 1 is 1.50 bits per heavy atom. The van der Waals surface area contributed by atoms with Crippen molar-refractivity contribution in [2.45, 2.75) is 45.2 Å². The van der Waals surface area contributed by atoms with Crippen LogP contribution in [0.15, 0.2) is 23.8 Å². The molecule has 2 heterocycles. The average molecular weight is 364 g/mol. The van der Waals surface area contributed by atoms with Crippen molar-refractivity contribution in [2.24, 2.45) is 17.8 Å². The van der Waals surface area contributed by atoms with E-state index >= 15 is 0 Å². The van der Waals surface area contributed by atoms with Crippen molar-refractivity contribution < 1.29 is 4.79 Å². The Morgan fingerprint density at radius 3 is 3.04 bits per heavy atom. The third-order valence-corrected chi connectivity index (χ3v) is 6.79. The molecule has 0 radical (unpaired) electrons. The van der Waals surface area contributed by atoms with E-state index in [1.165, 1.54) is 37.0 Å². The first kappa shape index (κ1) is 16.2. The van der Waals surface area contributed by atoms with Gasteiger partial charge in [0.25, 0.3) is 5.91 Å². The van der Waals surface area contributed by atoms with Crippen LogP contribution in [0.3, 0.4) is 0 Å². The SMILES string of the molecule is CC(NC(=O)c1cc(Cn2cc(Cl)cn2)cs1)C1CC2CCC1C2. The maximum Gasteiger partial charge on any atom is 0.261 e. The molecular formula is C18H22ClN3OS. The van der Waals surface area contributed by atoms with Crippen molar-refractivity contribution >= 4 is 28.8 Å². The minimum absolute atomic E-state index is 0.0556. The summed E-state index contributed by atoms with van der Waals surface area (Å²) in [6.45, 7) is 2.81. The zero-order valence-electron chi connectivity index (χ0n) is 13.7. The number of rotatable bonds is 5. The van der Waals surface area contributed by atoms with Crippen LogP contribution < -0.4 is 5.32 Å². The van der Waals surface area contributed by atoms with E-state index in [-0.39, 0.29) is 11.9 Å². The fourth-order valence-corrected chi connectivity index (χ4v) is 5.44. The van der Waals surface area contributed by atoms with Gasteiger partial charge < -0.3 is 5.32 Å². The molecule has 6 heteroatoms. The zero-order valence-corrected chi connectivity index (χ0v) is 15.3. The van der Waals surface area contributed by atoms with Crippen molar-refractivity contribution in [2.75, 3.05) is 0 Å². The molecule has 4 atom stereocenters. The van der Waals surface area contributed by atoms with Gasteiger partial charge in [-0.05, 0) is 60.9 Å². The van der Waals surface area contributed by atoms with Crippen LogP contribution in [-0.4, -0.2) is 21.7 Å². The zero-order chi connectivity index (χ0) is 16.7. The molecule has 128 valence electrons. The molecule has 1 amide bonds. The summed E-state index contributed by atoms with van der Waals surface area (Å²) in [5, 5.41) is 10.1. The van der Waals surface area contributed by atoms with E-state index in [9.17, 15) is 4.79 Å². The Labute approximate surface area is 151 Å². The van der Waals surface area contributed by atoms with E-state index in [1.54, 1.807) is 17.1 Å². The highest BCUT2D eigenvalue weighted by atomic mass is 35.5. The number of hydrogen-bond donors (Lipinski definition) is 1. The van der Waals surface area contributed by atoms with Crippen LogP contribution in [0.25, 0.3) is 0 Å². The second-order valence-corrected chi connectivity index (χ2v) is 8.62. The highest BCUT2D eigenvalue weighted by Gasteiger charge is 2.42.